The SMILES string of the molecule is c1ccc(-c2nc3cccc4c3n2-c2ccc(-c3ccc5cc(-c6ccc7ccccc7c6)ccc5c3)cc2N4c2ccccc2)cc1. The van der Waals surface area contributed by atoms with E-state index in [0.29, 0.717) is 0 Å². The minimum absolute atomic E-state index is 0.952. The van der Waals surface area contributed by atoms with Crippen molar-refractivity contribution < 1.29 is 0 Å². The van der Waals surface area contributed by atoms with Crippen LogP contribution in [0.3, 0.4) is 0 Å². The van der Waals surface area contributed by atoms with Gasteiger partial charge in [0.2, 0.25) is 0 Å². The van der Waals surface area contributed by atoms with Gasteiger partial charge < -0.3 is 4.90 Å². The lowest BCUT2D eigenvalue weighted by atomic mass is 9.96. The van der Waals surface area contributed by atoms with Crippen LogP contribution in [0.5, 0.6) is 0 Å². The third-order valence-corrected chi connectivity index (χ3v) is 9.66. The van der Waals surface area contributed by atoms with Gasteiger partial charge in [-0.15, -0.1) is 0 Å². The van der Waals surface area contributed by atoms with Crippen molar-refractivity contribution in [2.45, 2.75) is 0 Å². The average Bonchev–Trinajstić information content (AvgIpc) is 3.56. The Labute approximate surface area is 278 Å². The molecule has 0 atom stereocenters. The summed E-state index contributed by atoms with van der Waals surface area (Å²) >= 11 is 0. The van der Waals surface area contributed by atoms with Crippen molar-refractivity contribution in [3.05, 3.63) is 176 Å². The Morgan fingerprint density at radius 2 is 0.917 bits per heavy atom. The van der Waals surface area contributed by atoms with Crippen molar-refractivity contribution in [3.63, 3.8) is 0 Å². The second-order valence-electron chi connectivity index (χ2n) is 12.5. The Kier molecular flexibility index (Phi) is 5.87. The normalized spacial score (nSPS) is 12.1. The smallest absolute Gasteiger partial charge is 0.145 e. The first kappa shape index (κ1) is 26.7. The Morgan fingerprint density at radius 3 is 1.62 bits per heavy atom. The van der Waals surface area contributed by atoms with Crippen molar-refractivity contribution in [2.24, 2.45) is 0 Å². The highest BCUT2D eigenvalue weighted by Gasteiger charge is 2.29. The van der Waals surface area contributed by atoms with Crippen molar-refractivity contribution in [2.75, 3.05) is 4.90 Å². The lowest BCUT2D eigenvalue weighted by molar-refractivity contribution is 1.06. The van der Waals surface area contributed by atoms with Crippen LogP contribution in [0.2, 0.25) is 0 Å². The molecule has 0 spiro atoms. The fourth-order valence-corrected chi connectivity index (χ4v) is 7.33. The zero-order valence-corrected chi connectivity index (χ0v) is 26.1. The summed E-state index contributed by atoms with van der Waals surface area (Å²) < 4.78 is 2.34. The van der Waals surface area contributed by atoms with E-state index in [2.05, 4.69) is 185 Å². The maximum absolute atomic E-state index is 5.18. The van der Waals surface area contributed by atoms with Crippen LogP contribution in [0.25, 0.3) is 71.9 Å². The molecule has 0 saturated carbocycles. The Morgan fingerprint density at radius 1 is 0.354 bits per heavy atom. The Hall–Kier alpha value is -6.45. The topological polar surface area (TPSA) is 21.1 Å². The van der Waals surface area contributed by atoms with E-state index in [1.165, 1.54) is 43.8 Å². The molecule has 3 heteroatoms. The van der Waals surface area contributed by atoms with Gasteiger partial charge in [-0.25, -0.2) is 4.98 Å². The number of benzene rings is 8. The van der Waals surface area contributed by atoms with Gasteiger partial charge in [0.15, 0.2) is 0 Å². The number of imidazole rings is 1. The summed E-state index contributed by atoms with van der Waals surface area (Å²) in [6, 6.07) is 63.3. The zero-order chi connectivity index (χ0) is 31.6. The van der Waals surface area contributed by atoms with Crippen molar-refractivity contribution >= 4 is 49.6 Å². The first-order chi connectivity index (χ1) is 23.8. The monoisotopic (exact) mass is 611 g/mol. The van der Waals surface area contributed by atoms with Gasteiger partial charge in [-0.1, -0.05) is 121 Å². The molecule has 0 radical (unpaired) electrons. The lowest BCUT2D eigenvalue weighted by Crippen LogP contribution is -2.18. The Bertz CT molecular complexity index is 2670. The van der Waals surface area contributed by atoms with E-state index in [-0.39, 0.29) is 0 Å². The number of fused-ring (bicyclic) bond motifs is 4. The summed E-state index contributed by atoms with van der Waals surface area (Å²) in [5.41, 5.74) is 12.5. The van der Waals surface area contributed by atoms with E-state index in [9.17, 15) is 0 Å². The third-order valence-electron chi connectivity index (χ3n) is 9.66. The highest BCUT2D eigenvalue weighted by Crippen LogP contribution is 2.49. The molecule has 3 nitrogen and oxygen atoms in total. The van der Waals surface area contributed by atoms with Gasteiger partial charge in [0.1, 0.15) is 5.82 Å². The predicted octanol–water partition coefficient (Wildman–Crippen LogP) is 12.1. The first-order valence-corrected chi connectivity index (χ1v) is 16.4. The second kappa shape index (κ2) is 10.5. The van der Waals surface area contributed by atoms with Crippen molar-refractivity contribution in [3.8, 4) is 39.3 Å². The molecule has 0 aliphatic carbocycles. The van der Waals surface area contributed by atoms with Gasteiger partial charge in [-0.2, -0.15) is 0 Å². The maximum atomic E-state index is 5.18. The van der Waals surface area contributed by atoms with Gasteiger partial charge in [0, 0.05) is 11.3 Å². The molecule has 48 heavy (non-hydrogen) atoms. The standard InChI is InChI=1S/C45H29N3/c1-3-11-31(12-4-1)45-46-40-16-9-17-42-44(40)48(45)41-25-24-38(29-43(41)47(42)39-14-5-2-6-15-39)37-23-22-35-27-34(20-21-36(35)28-37)33-19-18-30-10-7-8-13-32(30)26-33/h1-29H. The van der Waals surface area contributed by atoms with Crippen LogP contribution in [0.15, 0.2) is 176 Å². The molecule has 9 aromatic rings. The number of rotatable bonds is 4. The van der Waals surface area contributed by atoms with Crippen LogP contribution < -0.4 is 4.90 Å². The van der Waals surface area contributed by atoms with Gasteiger partial charge in [0.25, 0.3) is 0 Å². The quantitative estimate of drug-likeness (QED) is 0.197. The molecule has 0 amide bonds. The second-order valence-corrected chi connectivity index (χ2v) is 12.5. The molecule has 0 unspecified atom stereocenters. The molecule has 1 aliphatic rings. The van der Waals surface area contributed by atoms with Crippen LogP contribution in [-0.4, -0.2) is 9.55 Å². The number of hydrogen-bond acceptors (Lipinski definition) is 2. The molecule has 8 aromatic carbocycles. The fourth-order valence-electron chi connectivity index (χ4n) is 7.33. The zero-order valence-electron chi connectivity index (χ0n) is 26.1. The molecule has 0 N–H and O–H groups in total. The first-order valence-electron chi connectivity index (χ1n) is 16.4. The molecular weight excluding hydrogens is 583 g/mol. The van der Waals surface area contributed by atoms with Crippen LogP contribution in [0.4, 0.5) is 17.1 Å². The summed E-state index contributed by atoms with van der Waals surface area (Å²) in [6.45, 7) is 0. The van der Waals surface area contributed by atoms with E-state index < -0.39 is 0 Å². The van der Waals surface area contributed by atoms with Crippen LogP contribution in [0, 0.1) is 0 Å². The number of nitrogens with zero attached hydrogens (tertiary/aromatic N) is 3. The van der Waals surface area contributed by atoms with E-state index in [4.69, 9.17) is 4.98 Å². The van der Waals surface area contributed by atoms with Crippen LogP contribution >= 0.6 is 0 Å². The van der Waals surface area contributed by atoms with Crippen LogP contribution in [0.1, 0.15) is 0 Å². The molecule has 2 heterocycles. The number of anilines is 3. The van der Waals surface area contributed by atoms with Gasteiger partial charge in [0.05, 0.1) is 28.1 Å². The van der Waals surface area contributed by atoms with Crippen molar-refractivity contribution in [1.82, 2.24) is 9.55 Å². The Balaban J connectivity index is 1.12. The summed E-state index contributed by atoms with van der Waals surface area (Å²) in [4.78, 5) is 7.56. The molecule has 224 valence electrons. The molecule has 0 saturated heterocycles. The van der Waals surface area contributed by atoms with Gasteiger partial charge >= 0.3 is 0 Å². The van der Waals surface area contributed by atoms with E-state index in [1.807, 2.05) is 0 Å². The van der Waals surface area contributed by atoms with E-state index in [1.54, 1.807) is 0 Å². The number of para-hydroxylation sites is 2. The maximum Gasteiger partial charge on any atom is 0.145 e. The highest BCUT2D eigenvalue weighted by atomic mass is 15.2. The minimum Gasteiger partial charge on any atom is -0.306 e. The van der Waals surface area contributed by atoms with Crippen molar-refractivity contribution in [1.29, 1.82) is 0 Å². The predicted molar refractivity (Wildman–Crippen MR) is 201 cm³/mol. The number of aromatic nitrogens is 2. The number of hydrogen-bond donors (Lipinski definition) is 0. The molecule has 1 aliphatic heterocycles. The van der Waals surface area contributed by atoms with Crippen LogP contribution in [-0.2, 0) is 0 Å². The fraction of sp³-hybridized carbons (Fsp3) is 0. The van der Waals surface area contributed by atoms with Gasteiger partial charge in [-0.05, 0) is 98.4 Å². The third kappa shape index (κ3) is 4.18. The average molecular weight is 612 g/mol. The minimum atomic E-state index is 0.952. The molecule has 10 rings (SSSR count). The molecule has 1 aromatic heterocycles. The summed E-state index contributed by atoms with van der Waals surface area (Å²) in [5, 5.41) is 4.98. The molecule has 0 fully saturated rings. The highest BCUT2D eigenvalue weighted by molar-refractivity contribution is 6.04. The molecular formula is C45H29N3. The molecule has 0 bridgehead atoms. The summed E-state index contributed by atoms with van der Waals surface area (Å²) in [7, 11) is 0. The van der Waals surface area contributed by atoms with E-state index >= 15 is 0 Å². The lowest BCUT2D eigenvalue weighted by Gasteiger charge is -2.33. The largest absolute Gasteiger partial charge is 0.306 e. The summed E-state index contributed by atoms with van der Waals surface area (Å²) in [5.74, 6) is 0.952. The van der Waals surface area contributed by atoms with E-state index in [0.717, 1.165) is 45.2 Å². The summed E-state index contributed by atoms with van der Waals surface area (Å²) in [6.07, 6.45) is 0. The van der Waals surface area contributed by atoms with Gasteiger partial charge in [-0.3, -0.25) is 4.57 Å².